The molecule has 0 unspecified atom stereocenters. The van der Waals surface area contributed by atoms with E-state index in [-0.39, 0.29) is 11.3 Å². The summed E-state index contributed by atoms with van der Waals surface area (Å²) in [5, 5.41) is 3.11. The highest BCUT2D eigenvalue weighted by atomic mass is 16.2. The fourth-order valence-corrected chi connectivity index (χ4v) is 3.38. The molecule has 100 valence electrons. The molecule has 2 fully saturated rings. The molecule has 1 aliphatic heterocycles. The van der Waals surface area contributed by atoms with Crippen molar-refractivity contribution in [2.45, 2.75) is 32.2 Å². The molecule has 0 aromatic heterocycles. The summed E-state index contributed by atoms with van der Waals surface area (Å²) in [6.07, 6.45) is 4.65. The van der Waals surface area contributed by atoms with Crippen LogP contribution in [0, 0.1) is 11.3 Å². The van der Waals surface area contributed by atoms with Crippen LogP contribution in [0.2, 0.25) is 0 Å². The van der Waals surface area contributed by atoms with E-state index in [2.05, 4.69) is 35.5 Å². The first-order valence-electron chi connectivity index (χ1n) is 7.30. The Morgan fingerprint density at radius 3 is 3.00 bits per heavy atom. The maximum atomic E-state index is 12.0. The molecule has 4 rings (SSSR count). The van der Waals surface area contributed by atoms with Gasteiger partial charge in [-0.15, -0.1) is 0 Å². The molecule has 3 heteroatoms. The number of rotatable bonds is 3. The number of anilines is 1. The van der Waals surface area contributed by atoms with Crippen molar-refractivity contribution in [2.24, 2.45) is 11.3 Å². The zero-order valence-electron chi connectivity index (χ0n) is 11.4. The minimum absolute atomic E-state index is 0.0917. The quantitative estimate of drug-likeness (QED) is 0.898. The number of carbonyl (C=O) groups excluding carboxylic acids is 1. The summed E-state index contributed by atoms with van der Waals surface area (Å²) in [6, 6.07) is 6.61. The van der Waals surface area contributed by atoms with Crippen molar-refractivity contribution in [2.75, 3.05) is 18.5 Å². The molecule has 0 spiro atoms. The monoisotopic (exact) mass is 256 g/mol. The molecule has 19 heavy (non-hydrogen) atoms. The van der Waals surface area contributed by atoms with Crippen molar-refractivity contribution >= 4 is 11.6 Å². The lowest BCUT2D eigenvalue weighted by molar-refractivity contribution is -0.124. The summed E-state index contributed by atoms with van der Waals surface area (Å²) in [7, 11) is 2.15. The van der Waals surface area contributed by atoms with Crippen molar-refractivity contribution in [1.82, 2.24) is 5.32 Å². The molecule has 0 atom stereocenters. The van der Waals surface area contributed by atoms with Crippen LogP contribution in [-0.2, 0) is 17.8 Å². The lowest BCUT2D eigenvalue weighted by atomic mass is 9.99. The standard InChI is InChI=1S/C16H20N2O/c1-18-6-2-3-12-7-11(4-5-14(12)18)10-17-15(19)16-8-13(16)9-16/h4-5,7,13H,2-3,6,8-10H2,1H3,(H,17,19). The van der Waals surface area contributed by atoms with E-state index < -0.39 is 0 Å². The average molecular weight is 256 g/mol. The van der Waals surface area contributed by atoms with E-state index in [1.54, 1.807) is 0 Å². The number of carbonyl (C=O) groups is 1. The van der Waals surface area contributed by atoms with Gasteiger partial charge in [-0.05, 0) is 48.8 Å². The average Bonchev–Trinajstić information content (AvgIpc) is 3.25. The normalized spacial score (nSPS) is 30.4. The van der Waals surface area contributed by atoms with Crippen molar-refractivity contribution in [3.63, 3.8) is 0 Å². The van der Waals surface area contributed by atoms with Crippen LogP contribution in [-0.4, -0.2) is 19.5 Å². The first-order valence-corrected chi connectivity index (χ1v) is 7.30. The van der Waals surface area contributed by atoms with Gasteiger partial charge in [-0.1, -0.05) is 12.1 Å². The van der Waals surface area contributed by atoms with Crippen LogP contribution in [0.3, 0.4) is 0 Å². The minimum atomic E-state index is 0.0917. The van der Waals surface area contributed by atoms with Crippen molar-refractivity contribution in [3.8, 4) is 0 Å². The topological polar surface area (TPSA) is 32.3 Å². The zero-order valence-corrected chi connectivity index (χ0v) is 11.4. The molecule has 1 aromatic carbocycles. The second kappa shape index (κ2) is 3.75. The number of hydrogen-bond donors (Lipinski definition) is 1. The molecule has 1 amide bonds. The Hall–Kier alpha value is -1.51. The SMILES string of the molecule is CN1CCCc2cc(CNC(=O)C34CC3C4)ccc21. The number of hydrogen-bond acceptors (Lipinski definition) is 2. The molecule has 0 bridgehead atoms. The highest BCUT2D eigenvalue weighted by molar-refractivity contribution is 5.89. The molecule has 2 aliphatic carbocycles. The van der Waals surface area contributed by atoms with Crippen molar-refractivity contribution in [1.29, 1.82) is 0 Å². The molecule has 0 saturated heterocycles. The van der Waals surface area contributed by atoms with Gasteiger partial charge < -0.3 is 10.2 Å². The first kappa shape index (κ1) is 11.3. The predicted molar refractivity (Wildman–Crippen MR) is 75.0 cm³/mol. The van der Waals surface area contributed by atoms with E-state index in [9.17, 15) is 4.79 Å². The molecular weight excluding hydrogens is 236 g/mol. The third-order valence-corrected chi connectivity index (χ3v) is 5.08. The number of aryl methyl sites for hydroxylation is 1. The Morgan fingerprint density at radius 1 is 1.47 bits per heavy atom. The van der Waals surface area contributed by atoms with Gasteiger partial charge in [0.15, 0.2) is 0 Å². The van der Waals surface area contributed by atoms with Crippen LogP contribution in [0.4, 0.5) is 5.69 Å². The third-order valence-electron chi connectivity index (χ3n) is 5.08. The molecule has 1 aromatic rings. The number of nitrogens with zero attached hydrogens (tertiary/aromatic N) is 1. The molecule has 0 radical (unpaired) electrons. The largest absolute Gasteiger partial charge is 0.374 e. The lowest BCUT2D eigenvalue weighted by Crippen LogP contribution is -2.28. The maximum Gasteiger partial charge on any atom is 0.226 e. The first-order chi connectivity index (χ1) is 9.19. The van der Waals surface area contributed by atoms with Gasteiger partial charge in [-0.25, -0.2) is 0 Å². The van der Waals surface area contributed by atoms with Gasteiger partial charge >= 0.3 is 0 Å². The van der Waals surface area contributed by atoms with Gasteiger partial charge in [0.2, 0.25) is 5.91 Å². The fraction of sp³-hybridized carbons (Fsp3) is 0.562. The highest BCUT2D eigenvalue weighted by Gasteiger charge is 2.74. The Morgan fingerprint density at radius 2 is 2.26 bits per heavy atom. The van der Waals surface area contributed by atoms with Crippen LogP contribution in [0.15, 0.2) is 18.2 Å². The second-order valence-corrected chi connectivity index (χ2v) is 6.43. The number of fused-ring (bicyclic) bond motifs is 2. The zero-order chi connectivity index (χ0) is 13.0. The summed E-state index contributed by atoms with van der Waals surface area (Å²) in [4.78, 5) is 14.3. The van der Waals surface area contributed by atoms with Crippen LogP contribution >= 0.6 is 0 Å². The van der Waals surface area contributed by atoms with Crippen LogP contribution in [0.5, 0.6) is 0 Å². The number of benzene rings is 1. The Labute approximate surface area is 114 Å². The van der Waals surface area contributed by atoms with Crippen LogP contribution < -0.4 is 10.2 Å². The van der Waals surface area contributed by atoms with Crippen LogP contribution in [0.25, 0.3) is 0 Å². The van der Waals surface area contributed by atoms with E-state index in [1.165, 1.54) is 23.2 Å². The summed E-state index contributed by atoms with van der Waals surface area (Å²) >= 11 is 0. The smallest absolute Gasteiger partial charge is 0.226 e. The minimum Gasteiger partial charge on any atom is -0.374 e. The van der Waals surface area contributed by atoms with E-state index in [0.29, 0.717) is 6.54 Å². The third kappa shape index (κ3) is 1.75. The summed E-state index contributed by atoms with van der Waals surface area (Å²) < 4.78 is 0. The van der Waals surface area contributed by atoms with Crippen molar-refractivity contribution < 1.29 is 4.79 Å². The molecule has 1 N–H and O–H groups in total. The van der Waals surface area contributed by atoms with Gasteiger partial charge in [0.1, 0.15) is 0 Å². The Balaban J connectivity index is 1.45. The van der Waals surface area contributed by atoms with Gasteiger partial charge in [-0.2, -0.15) is 0 Å². The molecule has 2 saturated carbocycles. The summed E-state index contributed by atoms with van der Waals surface area (Å²) in [5.41, 5.74) is 4.10. The fourth-order valence-electron chi connectivity index (χ4n) is 3.38. The van der Waals surface area contributed by atoms with Crippen LogP contribution in [0.1, 0.15) is 30.4 Å². The lowest BCUT2D eigenvalue weighted by Gasteiger charge is -2.27. The van der Waals surface area contributed by atoms with Gasteiger partial charge in [0.25, 0.3) is 0 Å². The molecule has 3 nitrogen and oxygen atoms in total. The molecular formula is C16H20N2O. The molecule has 3 aliphatic rings. The Bertz CT molecular complexity index is 546. The number of nitrogens with one attached hydrogen (secondary N) is 1. The number of amides is 1. The predicted octanol–water partition coefficient (Wildman–Crippen LogP) is 2.10. The van der Waals surface area contributed by atoms with E-state index >= 15 is 0 Å². The maximum absolute atomic E-state index is 12.0. The van der Waals surface area contributed by atoms with E-state index in [4.69, 9.17) is 0 Å². The summed E-state index contributed by atoms with van der Waals surface area (Å²) in [5.74, 6) is 1.01. The second-order valence-electron chi connectivity index (χ2n) is 6.43. The highest BCUT2D eigenvalue weighted by Crippen LogP contribution is 2.75. The van der Waals surface area contributed by atoms with E-state index in [1.807, 2.05) is 0 Å². The Kier molecular flexibility index (Phi) is 2.23. The molecule has 1 heterocycles. The van der Waals surface area contributed by atoms with Gasteiger partial charge in [0, 0.05) is 25.8 Å². The van der Waals surface area contributed by atoms with Crippen molar-refractivity contribution in [3.05, 3.63) is 29.3 Å². The van der Waals surface area contributed by atoms with E-state index in [0.717, 1.165) is 31.7 Å². The van der Waals surface area contributed by atoms with Gasteiger partial charge in [0.05, 0.1) is 5.41 Å². The van der Waals surface area contributed by atoms with Gasteiger partial charge in [-0.3, -0.25) is 4.79 Å². The summed E-state index contributed by atoms with van der Waals surface area (Å²) in [6.45, 7) is 1.83.